The summed E-state index contributed by atoms with van der Waals surface area (Å²) < 4.78 is 20.2. The minimum Gasteiger partial charge on any atom is -0.337 e. The smallest absolute Gasteiger partial charge is 0.249 e. The summed E-state index contributed by atoms with van der Waals surface area (Å²) in [5, 5.41) is 3.99. The molecule has 1 aromatic carbocycles. The van der Waals surface area contributed by atoms with Gasteiger partial charge in [-0.1, -0.05) is 27.2 Å². The van der Waals surface area contributed by atoms with E-state index in [1.165, 1.54) is 6.07 Å². The highest BCUT2D eigenvalue weighted by atomic mass is 79.9. The third-order valence-corrected chi connectivity index (χ3v) is 4.84. The van der Waals surface area contributed by atoms with Crippen LogP contribution >= 0.6 is 15.9 Å². The van der Waals surface area contributed by atoms with Gasteiger partial charge in [-0.3, -0.25) is 9.78 Å². The van der Waals surface area contributed by atoms with Crippen LogP contribution in [0.4, 0.5) is 4.39 Å². The Morgan fingerprint density at radius 1 is 1.27 bits per heavy atom. The maximum absolute atomic E-state index is 14.2. The number of hydrogen-bond acceptors (Lipinski definition) is 5. The molecule has 3 aromatic rings. The molecule has 1 aliphatic rings. The Hall–Kier alpha value is -2.61. The first kappa shape index (κ1) is 16.8. The molecule has 0 spiro atoms. The van der Waals surface area contributed by atoms with Gasteiger partial charge in [-0.2, -0.15) is 4.98 Å². The summed E-state index contributed by atoms with van der Waals surface area (Å²) in [5.41, 5.74) is 1.23. The van der Waals surface area contributed by atoms with Crippen LogP contribution < -0.4 is 0 Å². The maximum Gasteiger partial charge on any atom is 0.249 e. The zero-order valence-corrected chi connectivity index (χ0v) is 15.2. The molecule has 1 unspecified atom stereocenters. The molecule has 8 heteroatoms. The number of amides is 1. The second kappa shape index (κ2) is 6.95. The van der Waals surface area contributed by atoms with E-state index in [1.54, 1.807) is 41.6 Å². The van der Waals surface area contributed by atoms with Gasteiger partial charge in [0, 0.05) is 41.0 Å². The highest BCUT2D eigenvalue weighted by Crippen LogP contribution is 2.34. The second-order valence-electron chi connectivity index (χ2n) is 6.00. The Balaban J connectivity index is 1.59. The van der Waals surface area contributed by atoms with Gasteiger partial charge in [0.05, 0.1) is 0 Å². The molecule has 132 valence electrons. The first-order valence-electron chi connectivity index (χ1n) is 8.09. The molecule has 0 N–H and O–H groups in total. The Kier molecular flexibility index (Phi) is 4.50. The fourth-order valence-corrected chi connectivity index (χ4v) is 3.34. The van der Waals surface area contributed by atoms with Crippen LogP contribution in [0.5, 0.6) is 0 Å². The zero-order chi connectivity index (χ0) is 18.1. The number of halogens is 2. The van der Waals surface area contributed by atoms with Gasteiger partial charge in [0.2, 0.25) is 17.6 Å². The number of carbonyl (C=O) groups excluding carboxylic acids is 1. The van der Waals surface area contributed by atoms with Crippen molar-refractivity contribution < 1.29 is 13.7 Å². The highest BCUT2D eigenvalue weighted by Gasteiger charge is 2.36. The fourth-order valence-electron chi connectivity index (χ4n) is 3.01. The Morgan fingerprint density at radius 3 is 2.85 bits per heavy atom. The molecule has 0 bridgehead atoms. The van der Waals surface area contributed by atoms with E-state index in [1.807, 2.05) is 0 Å². The lowest BCUT2D eigenvalue weighted by molar-refractivity contribution is -0.130. The average Bonchev–Trinajstić information content (AvgIpc) is 3.26. The van der Waals surface area contributed by atoms with E-state index >= 15 is 0 Å². The number of rotatable bonds is 4. The van der Waals surface area contributed by atoms with Crippen molar-refractivity contribution in [3.8, 4) is 11.4 Å². The molecular weight excluding hydrogens is 403 g/mol. The third-order valence-electron chi connectivity index (χ3n) is 4.35. The van der Waals surface area contributed by atoms with Gasteiger partial charge < -0.3 is 9.42 Å². The number of hydrogen-bond donors (Lipinski definition) is 0. The zero-order valence-electron chi connectivity index (χ0n) is 13.6. The van der Waals surface area contributed by atoms with Gasteiger partial charge in [0.25, 0.3) is 0 Å². The van der Waals surface area contributed by atoms with E-state index in [-0.39, 0.29) is 24.3 Å². The van der Waals surface area contributed by atoms with Crippen LogP contribution in [0.25, 0.3) is 11.4 Å². The SMILES string of the molecule is O=C1CCC(c2nc(-c3ccncc3)no2)N1Cc1ccc(Br)cc1F. The van der Waals surface area contributed by atoms with Crippen molar-refractivity contribution in [3.63, 3.8) is 0 Å². The lowest BCUT2D eigenvalue weighted by atomic mass is 10.1. The number of aromatic nitrogens is 3. The topological polar surface area (TPSA) is 72.1 Å². The standard InChI is InChI=1S/C18H14BrFN4O2/c19-13-2-1-12(14(20)9-13)10-24-15(3-4-16(24)25)18-22-17(23-26-18)11-5-7-21-8-6-11/h1-2,5-9,15H,3-4,10H2. The van der Waals surface area contributed by atoms with Crippen molar-refractivity contribution in [2.24, 2.45) is 0 Å². The maximum atomic E-state index is 14.2. The monoisotopic (exact) mass is 416 g/mol. The Labute approximate surface area is 157 Å². The minimum absolute atomic E-state index is 0.0546. The largest absolute Gasteiger partial charge is 0.337 e. The van der Waals surface area contributed by atoms with Crippen LogP contribution in [0.2, 0.25) is 0 Å². The molecule has 4 rings (SSSR count). The molecule has 26 heavy (non-hydrogen) atoms. The summed E-state index contributed by atoms with van der Waals surface area (Å²) in [6.45, 7) is 0.162. The number of benzene rings is 1. The molecule has 2 aromatic heterocycles. The van der Waals surface area contributed by atoms with Crippen molar-refractivity contribution in [2.75, 3.05) is 0 Å². The summed E-state index contributed by atoms with van der Waals surface area (Å²) in [6.07, 6.45) is 4.23. The molecule has 1 atom stereocenters. The van der Waals surface area contributed by atoms with Crippen LogP contribution in [0.15, 0.2) is 51.7 Å². The minimum atomic E-state index is -0.360. The van der Waals surface area contributed by atoms with Gasteiger partial charge in [-0.25, -0.2) is 4.39 Å². The summed E-state index contributed by atoms with van der Waals surface area (Å²) in [4.78, 5) is 22.3. The third kappa shape index (κ3) is 3.24. The first-order chi connectivity index (χ1) is 12.6. The average molecular weight is 417 g/mol. The normalized spacial score (nSPS) is 17.1. The second-order valence-corrected chi connectivity index (χ2v) is 6.92. The van der Waals surface area contributed by atoms with Gasteiger partial charge in [0.15, 0.2) is 0 Å². The Bertz CT molecular complexity index is 947. The number of carbonyl (C=O) groups is 1. The summed E-state index contributed by atoms with van der Waals surface area (Å²) >= 11 is 3.24. The molecule has 1 aliphatic heterocycles. The van der Waals surface area contributed by atoms with Crippen molar-refractivity contribution in [3.05, 3.63) is 64.5 Å². The van der Waals surface area contributed by atoms with Crippen LogP contribution in [0, 0.1) is 5.82 Å². The van der Waals surface area contributed by atoms with Crippen LogP contribution in [0.3, 0.4) is 0 Å². The van der Waals surface area contributed by atoms with Crippen LogP contribution in [-0.2, 0) is 11.3 Å². The number of likely N-dealkylation sites (tertiary alicyclic amines) is 1. The van der Waals surface area contributed by atoms with Crippen molar-refractivity contribution in [2.45, 2.75) is 25.4 Å². The number of nitrogens with zero attached hydrogens (tertiary/aromatic N) is 4. The lowest BCUT2D eigenvalue weighted by Gasteiger charge is -2.22. The molecule has 1 amide bonds. The highest BCUT2D eigenvalue weighted by molar-refractivity contribution is 9.10. The van der Waals surface area contributed by atoms with Crippen LogP contribution in [-0.4, -0.2) is 25.9 Å². The Morgan fingerprint density at radius 2 is 2.08 bits per heavy atom. The van der Waals surface area contributed by atoms with E-state index in [9.17, 15) is 9.18 Å². The predicted octanol–water partition coefficient (Wildman–Crippen LogP) is 3.90. The van der Waals surface area contributed by atoms with Crippen molar-refractivity contribution in [1.82, 2.24) is 20.0 Å². The quantitative estimate of drug-likeness (QED) is 0.644. The fraction of sp³-hybridized carbons (Fsp3) is 0.222. The van der Waals surface area contributed by atoms with Gasteiger partial charge in [-0.05, 0) is 30.7 Å². The molecule has 0 radical (unpaired) electrons. The van der Waals surface area contributed by atoms with Crippen LogP contribution in [0.1, 0.15) is 30.3 Å². The van der Waals surface area contributed by atoms with Gasteiger partial charge in [0.1, 0.15) is 11.9 Å². The molecule has 0 saturated carbocycles. The van der Waals surface area contributed by atoms with E-state index < -0.39 is 0 Å². The van der Waals surface area contributed by atoms with Crippen molar-refractivity contribution in [1.29, 1.82) is 0 Å². The van der Waals surface area contributed by atoms with Gasteiger partial charge in [-0.15, -0.1) is 0 Å². The summed E-state index contributed by atoms with van der Waals surface area (Å²) in [6, 6.07) is 8.01. The first-order valence-corrected chi connectivity index (χ1v) is 8.88. The summed E-state index contributed by atoms with van der Waals surface area (Å²) in [5.74, 6) is 0.388. The van der Waals surface area contributed by atoms with E-state index in [0.29, 0.717) is 34.6 Å². The summed E-state index contributed by atoms with van der Waals surface area (Å²) in [7, 11) is 0. The van der Waals surface area contributed by atoms with Gasteiger partial charge >= 0.3 is 0 Å². The predicted molar refractivity (Wildman–Crippen MR) is 94.2 cm³/mol. The van der Waals surface area contributed by atoms with Crippen molar-refractivity contribution >= 4 is 21.8 Å². The van der Waals surface area contributed by atoms with E-state index in [0.717, 1.165) is 5.56 Å². The molecule has 1 saturated heterocycles. The van der Waals surface area contributed by atoms with E-state index in [4.69, 9.17) is 4.52 Å². The molecule has 6 nitrogen and oxygen atoms in total. The molecule has 3 heterocycles. The number of pyridine rings is 1. The lowest BCUT2D eigenvalue weighted by Crippen LogP contribution is -2.27. The molecular formula is C18H14BrFN4O2. The molecule has 1 fully saturated rings. The van der Waals surface area contributed by atoms with E-state index in [2.05, 4.69) is 31.1 Å². The molecule has 0 aliphatic carbocycles.